The number of carbonyl (C=O) groups excluding carboxylic acids is 1. The van der Waals surface area contributed by atoms with Gasteiger partial charge < -0.3 is 10.2 Å². The molecule has 1 atom stereocenters. The van der Waals surface area contributed by atoms with Crippen LogP contribution in [0.4, 0.5) is 11.4 Å². The number of carbonyl (C=O) groups is 1. The molecule has 1 saturated heterocycles. The van der Waals surface area contributed by atoms with Gasteiger partial charge in [-0.1, -0.05) is 24.6 Å². The topological polar surface area (TPSA) is 69.7 Å². The Labute approximate surface area is 160 Å². The third-order valence-electron chi connectivity index (χ3n) is 4.76. The number of rotatable bonds is 5. The van der Waals surface area contributed by atoms with Gasteiger partial charge in [0.2, 0.25) is 15.9 Å². The van der Waals surface area contributed by atoms with Gasteiger partial charge in [0.1, 0.15) is 6.04 Å². The van der Waals surface area contributed by atoms with E-state index in [0.29, 0.717) is 18.7 Å². The van der Waals surface area contributed by atoms with Gasteiger partial charge in [-0.05, 0) is 49.2 Å². The largest absolute Gasteiger partial charge is 0.378 e. The molecule has 1 aliphatic heterocycles. The van der Waals surface area contributed by atoms with Crippen LogP contribution in [0.1, 0.15) is 19.3 Å². The molecule has 27 heavy (non-hydrogen) atoms. The molecule has 1 aliphatic rings. The highest BCUT2D eigenvalue weighted by Gasteiger charge is 2.37. The second kappa shape index (κ2) is 8.10. The van der Waals surface area contributed by atoms with E-state index in [2.05, 4.69) is 5.32 Å². The van der Waals surface area contributed by atoms with Crippen LogP contribution in [0, 0.1) is 0 Å². The van der Waals surface area contributed by atoms with Gasteiger partial charge in [-0.15, -0.1) is 0 Å². The Morgan fingerprint density at radius 1 is 1.04 bits per heavy atom. The van der Waals surface area contributed by atoms with E-state index < -0.39 is 16.1 Å². The van der Waals surface area contributed by atoms with E-state index in [1.54, 1.807) is 30.3 Å². The SMILES string of the molecule is CN(C)c1ccc(NC(=O)C2CCCCN2S(=O)(=O)c2ccccc2)cc1. The lowest BCUT2D eigenvalue weighted by Gasteiger charge is -2.33. The Morgan fingerprint density at radius 2 is 1.70 bits per heavy atom. The molecular formula is C20H25N3O3S. The second-order valence-electron chi connectivity index (χ2n) is 6.87. The first-order valence-corrected chi connectivity index (χ1v) is 10.5. The Bertz CT molecular complexity index is 880. The first kappa shape index (κ1) is 19.4. The van der Waals surface area contributed by atoms with E-state index in [4.69, 9.17) is 0 Å². The minimum Gasteiger partial charge on any atom is -0.378 e. The zero-order valence-corrected chi connectivity index (χ0v) is 16.4. The molecule has 7 heteroatoms. The maximum Gasteiger partial charge on any atom is 0.243 e. The normalized spacial score (nSPS) is 18.1. The van der Waals surface area contributed by atoms with Crippen LogP contribution in [-0.4, -0.2) is 45.3 Å². The highest BCUT2D eigenvalue weighted by molar-refractivity contribution is 7.89. The summed E-state index contributed by atoms with van der Waals surface area (Å²) in [5, 5.41) is 2.87. The standard InChI is InChI=1S/C20H25N3O3S/c1-22(2)17-13-11-16(12-14-17)21-20(24)19-10-6-7-15-23(19)27(25,26)18-8-4-3-5-9-18/h3-5,8-9,11-14,19H,6-7,10,15H2,1-2H3,(H,21,24). The van der Waals surface area contributed by atoms with Crippen molar-refractivity contribution in [3.8, 4) is 0 Å². The number of nitrogens with one attached hydrogen (secondary N) is 1. The summed E-state index contributed by atoms with van der Waals surface area (Å²) < 4.78 is 27.4. The number of sulfonamides is 1. The predicted octanol–water partition coefficient (Wildman–Crippen LogP) is 2.93. The summed E-state index contributed by atoms with van der Waals surface area (Å²) in [5.41, 5.74) is 1.69. The molecular weight excluding hydrogens is 362 g/mol. The van der Waals surface area contributed by atoms with E-state index in [1.165, 1.54) is 4.31 Å². The summed E-state index contributed by atoms with van der Waals surface area (Å²) >= 11 is 0. The van der Waals surface area contributed by atoms with Gasteiger partial charge in [0.25, 0.3) is 0 Å². The summed E-state index contributed by atoms with van der Waals surface area (Å²) in [5.74, 6) is -0.285. The van der Waals surface area contributed by atoms with Gasteiger partial charge in [0, 0.05) is 32.0 Å². The number of anilines is 2. The van der Waals surface area contributed by atoms with Crippen molar-refractivity contribution < 1.29 is 13.2 Å². The van der Waals surface area contributed by atoms with Crippen molar-refractivity contribution in [3.05, 3.63) is 54.6 Å². The maximum absolute atomic E-state index is 13.0. The summed E-state index contributed by atoms with van der Waals surface area (Å²) in [7, 11) is 0.192. The molecule has 1 heterocycles. The van der Waals surface area contributed by atoms with Gasteiger partial charge in [-0.25, -0.2) is 8.42 Å². The lowest BCUT2D eigenvalue weighted by molar-refractivity contribution is -0.120. The molecule has 144 valence electrons. The number of piperidine rings is 1. The van der Waals surface area contributed by atoms with Crippen LogP contribution >= 0.6 is 0 Å². The molecule has 1 N–H and O–H groups in total. The highest BCUT2D eigenvalue weighted by Crippen LogP contribution is 2.26. The van der Waals surface area contributed by atoms with Crippen LogP contribution in [0.2, 0.25) is 0 Å². The van der Waals surface area contributed by atoms with E-state index in [9.17, 15) is 13.2 Å². The molecule has 0 radical (unpaired) electrons. The molecule has 6 nitrogen and oxygen atoms in total. The Balaban J connectivity index is 1.79. The van der Waals surface area contributed by atoms with Crippen molar-refractivity contribution in [1.29, 1.82) is 0 Å². The third kappa shape index (κ3) is 4.31. The fraction of sp³-hybridized carbons (Fsp3) is 0.350. The van der Waals surface area contributed by atoms with E-state index in [-0.39, 0.29) is 10.8 Å². The van der Waals surface area contributed by atoms with Crippen molar-refractivity contribution in [2.75, 3.05) is 30.9 Å². The molecule has 2 aromatic rings. The summed E-state index contributed by atoms with van der Waals surface area (Å²) in [4.78, 5) is 15.0. The Kier molecular flexibility index (Phi) is 5.82. The van der Waals surface area contributed by atoms with E-state index in [1.807, 2.05) is 43.3 Å². The lowest BCUT2D eigenvalue weighted by Crippen LogP contribution is -2.49. The molecule has 1 amide bonds. The first-order chi connectivity index (χ1) is 12.9. The summed E-state index contributed by atoms with van der Waals surface area (Å²) in [6.07, 6.45) is 2.11. The van der Waals surface area contributed by atoms with Crippen LogP contribution in [-0.2, 0) is 14.8 Å². The smallest absolute Gasteiger partial charge is 0.243 e. The van der Waals surface area contributed by atoms with Crippen molar-refractivity contribution in [3.63, 3.8) is 0 Å². The average Bonchev–Trinajstić information content (AvgIpc) is 2.69. The predicted molar refractivity (Wildman–Crippen MR) is 107 cm³/mol. The van der Waals surface area contributed by atoms with E-state index >= 15 is 0 Å². The van der Waals surface area contributed by atoms with Crippen LogP contribution in [0.5, 0.6) is 0 Å². The van der Waals surface area contributed by atoms with Crippen molar-refractivity contribution in [2.45, 2.75) is 30.2 Å². The Morgan fingerprint density at radius 3 is 2.33 bits per heavy atom. The number of nitrogens with zero attached hydrogens (tertiary/aromatic N) is 2. The molecule has 0 aliphatic carbocycles. The second-order valence-corrected chi connectivity index (χ2v) is 8.76. The number of benzene rings is 2. The molecule has 0 spiro atoms. The van der Waals surface area contributed by atoms with Crippen LogP contribution in [0.25, 0.3) is 0 Å². The average molecular weight is 388 g/mol. The molecule has 1 unspecified atom stereocenters. The molecule has 3 rings (SSSR count). The number of hydrogen-bond donors (Lipinski definition) is 1. The zero-order valence-electron chi connectivity index (χ0n) is 15.6. The maximum atomic E-state index is 13.0. The minimum atomic E-state index is -3.70. The van der Waals surface area contributed by atoms with Crippen molar-refractivity contribution in [2.24, 2.45) is 0 Å². The van der Waals surface area contributed by atoms with Crippen LogP contribution in [0.3, 0.4) is 0 Å². The third-order valence-corrected chi connectivity index (χ3v) is 6.68. The van der Waals surface area contributed by atoms with Crippen LogP contribution < -0.4 is 10.2 Å². The van der Waals surface area contributed by atoms with Crippen molar-refractivity contribution in [1.82, 2.24) is 4.31 Å². The number of amides is 1. The monoisotopic (exact) mass is 387 g/mol. The molecule has 1 fully saturated rings. The Hall–Kier alpha value is -2.38. The molecule has 2 aromatic carbocycles. The first-order valence-electron chi connectivity index (χ1n) is 9.05. The quantitative estimate of drug-likeness (QED) is 0.856. The number of hydrogen-bond acceptors (Lipinski definition) is 4. The molecule has 0 bridgehead atoms. The van der Waals surface area contributed by atoms with E-state index in [0.717, 1.165) is 18.5 Å². The fourth-order valence-corrected chi connectivity index (χ4v) is 4.93. The fourth-order valence-electron chi connectivity index (χ4n) is 3.25. The van der Waals surface area contributed by atoms with Gasteiger partial charge in [-0.2, -0.15) is 4.31 Å². The van der Waals surface area contributed by atoms with Gasteiger partial charge in [0.15, 0.2) is 0 Å². The van der Waals surface area contributed by atoms with Crippen molar-refractivity contribution >= 4 is 27.3 Å². The van der Waals surface area contributed by atoms with Gasteiger partial charge >= 0.3 is 0 Å². The lowest BCUT2D eigenvalue weighted by atomic mass is 10.0. The van der Waals surface area contributed by atoms with Crippen LogP contribution in [0.15, 0.2) is 59.5 Å². The van der Waals surface area contributed by atoms with Gasteiger partial charge in [-0.3, -0.25) is 4.79 Å². The molecule has 0 saturated carbocycles. The minimum absolute atomic E-state index is 0.222. The summed E-state index contributed by atoms with van der Waals surface area (Å²) in [6, 6.07) is 15.1. The summed E-state index contributed by atoms with van der Waals surface area (Å²) in [6.45, 7) is 0.356. The molecule has 0 aromatic heterocycles. The van der Waals surface area contributed by atoms with Gasteiger partial charge in [0.05, 0.1) is 4.90 Å². The highest BCUT2D eigenvalue weighted by atomic mass is 32.2. The zero-order chi connectivity index (χ0) is 19.4.